The molecule has 0 saturated carbocycles. The highest BCUT2D eigenvalue weighted by atomic mass is 16.1. The second-order valence-corrected chi connectivity index (χ2v) is 6.94. The first-order valence-electron chi connectivity index (χ1n) is 10.1. The van der Waals surface area contributed by atoms with Gasteiger partial charge in [0.2, 0.25) is 0 Å². The lowest BCUT2D eigenvalue weighted by molar-refractivity contribution is 0.0951. The van der Waals surface area contributed by atoms with Crippen LogP contribution < -0.4 is 16.0 Å². The van der Waals surface area contributed by atoms with Crippen molar-refractivity contribution in [2.75, 3.05) is 40.3 Å². The molecule has 1 aromatic carbocycles. The summed E-state index contributed by atoms with van der Waals surface area (Å²) in [6.07, 6.45) is 4.92. The Labute approximate surface area is 164 Å². The lowest BCUT2D eigenvalue weighted by Crippen LogP contribution is -2.37. The first-order chi connectivity index (χ1) is 13.1. The topological polar surface area (TPSA) is 68.8 Å². The number of guanidine groups is 1. The van der Waals surface area contributed by atoms with E-state index in [1.165, 1.54) is 19.3 Å². The summed E-state index contributed by atoms with van der Waals surface area (Å²) in [4.78, 5) is 18.9. The maximum absolute atomic E-state index is 12.3. The molecule has 0 atom stereocenters. The highest BCUT2D eigenvalue weighted by Crippen LogP contribution is 2.07. The average molecular weight is 376 g/mol. The summed E-state index contributed by atoms with van der Waals surface area (Å²) in [5, 5.41) is 9.60. The van der Waals surface area contributed by atoms with Crippen molar-refractivity contribution in [2.45, 2.75) is 46.1 Å². The fraction of sp³-hybridized carbons (Fsp3) is 0.619. The highest BCUT2D eigenvalue weighted by molar-refractivity contribution is 5.94. The van der Waals surface area contributed by atoms with E-state index in [4.69, 9.17) is 0 Å². The molecular formula is C21H37N5O. The van der Waals surface area contributed by atoms with Gasteiger partial charge in [-0.2, -0.15) is 0 Å². The standard InChI is InChI=1S/C21H37N5O/c1-5-7-8-9-13-24-21(22-6-2)25-17-18-11-10-12-19(16-18)20(27)23-14-15-26(3)4/h10-12,16H,5-9,13-15,17H2,1-4H3,(H,23,27)(H2,22,24,25). The van der Waals surface area contributed by atoms with E-state index in [0.717, 1.165) is 37.6 Å². The maximum Gasteiger partial charge on any atom is 0.251 e. The van der Waals surface area contributed by atoms with E-state index in [9.17, 15) is 4.79 Å². The molecule has 0 bridgehead atoms. The van der Waals surface area contributed by atoms with Gasteiger partial charge in [0.05, 0.1) is 6.54 Å². The second kappa shape index (κ2) is 14.0. The molecule has 1 amide bonds. The fourth-order valence-corrected chi connectivity index (χ4v) is 2.58. The molecule has 0 spiro atoms. The molecule has 0 aromatic heterocycles. The smallest absolute Gasteiger partial charge is 0.251 e. The van der Waals surface area contributed by atoms with Crippen LogP contribution in [0.4, 0.5) is 0 Å². The van der Waals surface area contributed by atoms with E-state index in [0.29, 0.717) is 18.7 Å². The zero-order valence-electron chi connectivity index (χ0n) is 17.5. The van der Waals surface area contributed by atoms with Crippen molar-refractivity contribution in [1.29, 1.82) is 0 Å². The highest BCUT2D eigenvalue weighted by Gasteiger charge is 2.06. The molecule has 0 unspecified atom stereocenters. The number of carbonyl (C=O) groups excluding carboxylic acids is 1. The Morgan fingerprint density at radius 1 is 1.04 bits per heavy atom. The largest absolute Gasteiger partial charge is 0.357 e. The van der Waals surface area contributed by atoms with E-state index in [1.807, 2.05) is 43.3 Å². The van der Waals surface area contributed by atoms with Crippen molar-refractivity contribution >= 4 is 11.9 Å². The summed E-state index contributed by atoms with van der Waals surface area (Å²) in [7, 11) is 3.98. The van der Waals surface area contributed by atoms with Crippen LogP contribution in [0, 0.1) is 0 Å². The Kier molecular flexibility index (Phi) is 11.9. The van der Waals surface area contributed by atoms with E-state index < -0.39 is 0 Å². The first-order valence-corrected chi connectivity index (χ1v) is 10.1. The molecule has 0 saturated heterocycles. The van der Waals surface area contributed by atoms with Gasteiger partial charge in [-0.25, -0.2) is 4.99 Å². The van der Waals surface area contributed by atoms with Crippen molar-refractivity contribution in [3.63, 3.8) is 0 Å². The van der Waals surface area contributed by atoms with Gasteiger partial charge in [-0.1, -0.05) is 38.3 Å². The molecule has 0 aliphatic rings. The SMILES string of the molecule is CCCCCCNC(=NCc1cccc(C(=O)NCCN(C)C)c1)NCC. The number of hydrogen-bond donors (Lipinski definition) is 3. The second-order valence-electron chi connectivity index (χ2n) is 6.94. The van der Waals surface area contributed by atoms with Crippen molar-refractivity contribution < 1.29 is 4.79 Å². The minimum absolute atomic E-state index is 0.0383. The van der Waals surface area contributed by atoms with Crippen molar-refractivity contribution in [3.8, 4) is 0 Å². The first kappa shape index (κ1) is 23.0. The van der Waals surface area contributed by atoms with E-state index in [2.05, 4.69) is 34.8 Å². The minimum Gasteiger partial charge on any atom is -0.357 e. The molecular weight excluding hydrogens is 338 g/mol. The summed E-state index contributed by atoms with van der Waals surface area (Å²) in [6.45, 7) is 8.05. The number of amides is 1. The van der Waals surface area contributed by atoms with Crippen molar-refractivity contribution in [2.24, 2.45) is 4.99 Å². The number of aliphatic imine (C=N–C) groups is 1. The molecule has 0 heterocycles. The van der Waals surface area contributed by atoms with Crippen LogP contribution in [0.2, 0.25) is 0 Å². The molecule has 1 aromatic rings. The summed E-state index contributed by atoms with van der Waals surface area (Å²) in [6, 6.07) is 7.68. The number of likely N-dealkylation sites (N-methyl/N-ethyl adjacent to an activating group) is 1. The van der Waals surface area contributed by atoms with Crippen LogP contribution in [0.1, 0.15) is 55.5 Å². The summed E-state index contributed by atoms with van der Waals surface area (Å²) in [5.41, 5.74) is 1.71. The number of rotatable bonds is 12. The number of nitrogens with one attached hydrogen (secondary N) is 3. The van der Waals surface area contributed by atoms with E-state index >= 15 is 0 Å². The zero-order valence-corrected chi connectivity index (χ0v) is 17.5. The van der Waals surface area contributed by atoms with Gasteiger partial charge in [0, 0.05) is 31.7 Å². The lowest BCUT2D eigenvalue weighted by Gasteiger charge is -2.12. The van der Waals surface area contributed by atoms with Gasteiger partial charge in [0.25, 0.3) is 5.91 Å². The molecule has 6 nitrogen and oxygen atoms in total. The Bertz CT molecular complexity index is 571. The predicted molar refractivity (Wildman–Crippen MR) is 114 cm³/mol. The normalized spacial score (nSPS) is 11.5. The van der Waals surface area contributed by atoms with Gasteiger partial charge >= 0.3 is 0 Å². The van der Waals surface area contributed by atoms with Gasteiger partial charge < -0.3 is 20.9 Å². The van der Waals surface area contributed by atoms with Crippen LogP contribution in [0.25, 0.3) is 0 Å². The van der Waals surface area contributed by atoms with Gasteiger partial charge in [-0.05, 0) is 45.1 Å². The van der Waals surface area contributed by atoms with Crippen molar-refractivity contribution in [3.05, 3.63) is 35.4 Å². The van der Waals surface area contributed by atoms with Crippen LogP contribution in [0.3, 0.4) is 0 Å². The molecule has 152 valence electrons. The maximum atomic E-state index is 12.3. The number of benzene rings is 1. The summed E-state index contributed by atoms with van der Waals surface area (Å²) >= 11 is 0. The molecule has 0 radical (unpaired) electrons. The predicted octanol–water partition coefficient (Wildman–Crippen LogP) is 2.61. The van der Waals surface area contributed by atoms with E-state index in [-0.39, 0.29) is 5.91 Å². The van der Waals surface area contributed by atoms with Crippen LogP contribution in [0.15, 0.2) is 29.3 Å². The van der Waals surface area contributed by atoms with Gasteiger partial charge in [0.1, 0.15) is 0 Å². The van der Waals surface area contributed by atoms with Crippen LogP contribution >= 0.6 is 0 Å². The summed E-state index contributed by atoms with van der Waals surface area (Å²) in [5.74, 6) is 0.790. The molecule has 0 aliphatic carbocycles. The third-order valence-corrected chi connectivity index (χ3v) is 4.12. The fourth-order valence-electron chi connectivity index (χ4n) is 2.58. The Hall–Kier alpha value is -2.08. The molecule has 3 N–H and O–H groups in total. The van der Waals surface area contributed by atoms with Crippen LogP contribution in [0.5, 0.6) is 0 Å². The number of hydrogen-bond acceptors (Lipinski definition) is 3. The summed E-state index contributed by atoms with van der Waals surface area (Å²) < 4.78 is 0. The quantitative estimate of drug-likeness (QED) is 0.298. The molecule has 0 aliphatic heterocycles. The Morgan fingerprint density at radius 2 is 1.85 bits per heavy atom. The number of nitrogens with zero attached hydrogens (tertiary/aromatic N) is 2. The molecule has 27 heavy (non-hydrogen) atoms. The molecule has 1 rings (SSSR count). The molecule has 6 heteroatoms. The third-order valence-electron chi connectivity index (χ3n) is 4.12. The number of unbranched alkanes of at least 4 members (excludes halogenated alkanes) is 3. The minimum atomic E-state index is -0.0383. The van der Waals surface area contributed by atoms with Gasteiger partial charge in [-0.15, -0.1) is 0 Å². The Balaban J connectivity index is 2.56. The monoisotopic (exact) mass is 375 g/mol. The third kappa shape index (κ3) is 10.6. The van der Waals surface area contributed by atoms with Gasteiger partial charge in [-0.3, -0.25) is 4.79 Å². The lowest BCUT2D eigenvalue weighted by atomic mass is 10.1. The Morgan fingerprint density at radius 3 is 2.56 bits per heavy atom. The van der Waals surface area contributed by atoms with Crippen molar-refractivity contribution in [1.82, 2.24) is 20.9 Å². The van der Waals surface area contributed by atoms with Gasteiger partial charge in [0.15, 0.2) is 5.96 Å². The van der Waals surface area contributed by atoms with E-state index in [1.54, 1.807) is 0 Å². The molecule has 0 fully saturated rings. The zero-order chi connectivity index (χ0) is 19.9. The van der Waals surface area contributed by atoms with Crippen LogP contribution in [-0.2, 0) is 6.54 Å². The number of carbonyl (C=O) groups is 1. The average Bonchev–Trinajstić information content (AvgIpc) is 2.65. The van der Waals surface area contributed by atoms with Crippen LogP contribution in [-0.4, -0.2) is 57.0 Å².